The highest BCUT2D eigenvalue weighted by molar-refractivity contribution is 5.72. The number of aliphatic hydroxyl groups excluding tert-OH is 1. The van der Waals surface area contributed by atoms with Crippen LogP contribution in [0.4, 0.5) is 0 Å². The normalized spacial score (nSPS) is 34.2. The Labute approximate surface area is 109 Å². The maximum Gasteiger partial charge on any atom is 0.310 e. The summed E-state index contributed by atoms with van der Waals surface area (Å²) in [6.07, 6.45) is 6.06. The molecular weight excluding hydrogens is 230 g/mol. The van der Waals surface area contributed by atoms with Gasteiger partial charge in [0.2, 0.25) is 0 Å². The summed E-state index contributed by atoms with van der Waals surface area (Å²) in [4.78, 5) is 14.1. The number of piperidine rings is 1. The summed E-state index contributed by atoms with van der Waals surface area (Å²) in [6.45, 7) is 4.09. The molecule has 2 rings (SSSR count). The Morgan fingerprint density at radius 3 is 2.78 bits per heavy atom. The molecule has 4 nitrogen and oxygen atoms in total. The van der Waals surface area contributed by atoms with E-state index in [0.29, 0.717) is 6.61 Å². The zero-order valence-electron chi connectivity index (χ0n) is 11.3. The smallest absolute Gasteiger partial charge is 0.310 e. The van der Waals surface area contributed by atoms with Crippen LogP contribution in [-0.2, 0) is 9.53 Å². The standard InChI is InChI=1S/C14H25NO3/c1-2-18-14(17)11-6-5-9-15(10-11)12-7-3-4-8-13(12)16/h11-13,16H,2-10H2,1H3. The van der Waals surface area contributed by atoms with Gasteiger partial charge in [0, 0.05) is 12.6 Å². The summed E-state index contributed by atoms with van der Waals surface area (Å²) in [6, 6.07) is 0.260. The number of aliphatic hydroxyl groups is 1. The lowest BCUT2D eigenvalue weighted by molar-refractivity contribution is -0.150. The summed E-state index contributed by atoms with van der Waals surface area (Å²) in [5.74, 6) is -0.0553. The fourth-order valence-electron chi connectivity index (χ4n) is 3.28. The molecule has 0 aromatic heterocycles. The van der Waals surface area contributed by atoms with Crippen molar-refractivity contribution in [2.75, 3.05) is 19.7 Å². The van der Waals surface area contributed by atoms with E-state index in [1.165, 1.54) is 6.42 Å². The highest BCUT2D eigenvalue weighted by Crippen LogP contribution is 2.27. The molecule has 1 saturated carbocycles. The molecule has 2 aliphatic rings. The second-order valence-corrected chi connectivity index (χ2v) is 5.51. The summed E-state index contributed by atoms with van der Waals surface area (Å²) >= 11 is 0. The number of carbonyl (C=O) groups is 1. The van der Waals surface area contributed by atoms with E-state index in [9.17, 15) is 9.90 Å². The third-order valence-electron chi connectivity index (χ3n) is 4.24. The molecule has 2 fully saturated rings. The van der Waals surface area contributed by atoms with Gasteiger partial charge in [-0.15, -0.1) is 0 Å². The molecule has 1 aliphatic carbocycles. The highest BCUT2D eigenvalue weighted by Gasteiger charge is 2.34. The predicted octanol–water partition coefficient (Wildman–Crippen LogP) is 1.56. The Kier molecular flexibility index (Phi) is 5.01. The zero-order chi connectivity index (χ0) is 13.0. The number of hydrogen-bond acceptors (Lipinski definition) is 4. The van der Waals surface area contributed by atoms with Gasteiger partial charge in [-0.05, 0) is 39.2 Å². The van der Waals surface area contributed by atoms with E-state index in [2.05, 4.69) is 4.90 Å². The van der Waals surface area contributed by atoms with Crippen LogP contribution >= 0.6 is 0 Å². The van der Waals surface area contributed by atoms with Crippen LogP contribution in [0.2, 0.25) is 0 Å². The van der Waals surface area contributed by atoms with Crippen molar-refractivity contribution in [3.8, 4) is 0 Å². The van der Waals surface area contributed by atoms with E-state index in [-0.39, 0.29) is 24.0 Å². The van der Waals surface area contributed by atoms with E-state index in [1.54, 1.807) is 0 Å². The summed E-state index contributed by atoms with van der Waals surface area (Å²) in [5.41, 5.74) is 0. The monoisotopic (exact) mass is 255 g/mol. The Bertz CT molecular complexity index is 282. The molecule has 1 aliphatic heterocycles. The predicted molar refractivity (Wildman–Crippen MR) is 69.2 cm³/mol. The number of carbonyl (C=O) groups excluding carboxylic acids is 1. The van der Waals surface area contributed by atoms with E-state index in [0.717, 1.165) is 45.2 Å². The highest BCUT2D eigenvalue weighted by atomic mass is 16.5. The Morgan fingerprint density at radius 2 is 2.06 bits per heavy atom. The van der Waals surface area contributed by atoms with Crippen LogP contribution < -0.4 is 0 Å². The van der Waals surface area contributed by atoms with Gasteiger partial charge in [-0.3, -0.25) is 9.69 Å². The van der Waals surface area contributed by atoms with Crippen LogP contribution in [-0.4, -0.2) is 47.8 Å². The minimum Gasteiger partial charge on any atom is -0.466 e. The van der Waals surface area contributed by atoms with Crippen molar-refractivity contribution in [2.24, 2.45) is 5.92 Å². The van der Waals surface area contributed by atoms with Gasteiger partial charge >= 0.3 is 5.97 Å². The van der Waals surface area contributed by atoms with E-state index < -0.39 is 0 Å². The molecular formula is C14H25NO3. The lowest BCUT2D eigenvalue weighted by Gasteiger charge is -2.41. The maximum atomic E-state index is 11.8. The number of rotatable bonds is 3. The van der Waals surface area contributed by atoms with E-state index in [4.69, 9.17) is 4.74 Å². The molecule has 0 bridgehead atoms. The quantitative estimate of drug-likeness (QED) is 0.778. The van der Waals surface area contributed by atoms with Gasteiger partial charge in [-0.1, -0.05) is 12.8 Å². The SMILES string of the molecule is CCOC(=O)C1CCCN(C2CCCCC2O)C1. The summed E-state index contributed by atoms with van der Waals surface area (Å²) < 4.78 is 5.12. The topological polar surface area (TPSA) is 49.8 Å². The third kappa shape index (κ3) is 3.23. The molecule has 0 amide bonds. The van der Waals surface area contributed by atoms with Gasteiger partial charge in [-0.25, -0.2) is 0 Å². The van der Waals surface area contributed by atoms with Crippen LogP contribution in [0.15, 0.2) is 0 Å². The maximum absolute atomic E-state index is 11.8. The van der Waals surface area contributed by atoms with Gasteiger partial charge in [0.25, 0.3) is 0 Å². The van der Waals surface area contributed by atoms with Crippen molar-refractivity contribution in [2.45, 2.75) is 57.6 Å². The number of nitrogens with zero attached hydrogens (tertiary/aromatic N) is 1. The van der Waals surface area contributed by atoms with Crippen molar-refractivity contribution in [3.63, 3.8) is 0 Å². The number of ether oxygens (including phenoxy) is 1. The first kappa shape index (κ1) is 13.8. The van der Waals surface area contributed by atoms with Crippen molar-refractivity contribution in [1.29, 1.82) is 0 Å². The molecule has 0 aromatic carbocycles. The Morgan fingerprint density at radius 1 is 1.28 bits per heavy atom. The molecule has 0 radical (unpaired) electrons. The first-order valence-electron chi connectivity index (χ1n) is 7.31. The number of esters is 1. The number of hydrogen-bond donors (Lipinski definition) is 1. The van der Waals surface area contributed by atoms with Crippen molar-refractivity contribution in [1.82, 2.24) is 4.90 Å². The van der Waals surface area contributed by atoms with Crippen molar-refractivity contribution < 1.29 is 14.6 Å². The molecule has 4 heteroatoms. The third-order valence-corrected chi connectivity index (χ3v) is 4.24. The first-order chi connectivity index (χ1) is 8.72. The van der Waals surface area contributed by atoms with Gasteiger partial charge in [0.15, 0.2) is 0 Å². The minimum atomic E-state index is -0.209. The Hall–Kier alpha value is -0.610. The van der Waals surface area contributed by atoms with Crippen LogP contribution in [0, 0.1) is 5.92 Å². The van der Waals surface area contributed by atoms with Crippen LogP contribution in [0.1, 0.15) is 45.4 Å². The minimum absolute atomic E-state index is 0.00725. The van der Waals surface area contributed by atoms with E-state index in [1.807, 2.05) is 6.92 Å². The van der Waals surface area contributed by atoms with Crippen LogP contribution in [0.3, 0.4) is 0 Å². The molecule has 3 atom stereocenters. The number of likely N-dealkylation sites (tertiary alicyclic amines) is 1. The van der Waals surface area contributed by atoms with Crippen molar-refractivity contribution >= 4 is 5.97 Å². The molecule has 0 spiro atoms. The Balaban J connectivity index is 1.91. The molecule has 1 saturated heterocycles. The largest absolute Gasteiger partial charge is 0.466 e. The fraction of sp³-hybridized carbons (Fsp3) is 0.929. The average Bonchev–Trinajstić information content (AvgIpc) is 2.40. The second kappa shape index (κ2) is 6.53. The first-order valence-corrected chi connectivity index (χ1v) is 7.31. The molecule has 104 valence electrons. The van der Waals surface area contributed by atoms with Gasteiger partial charge in [0.1, 0.15) is 0 Å². The lowest BCUT2D eigenvalue weighted by Crippen LogP contribution is -2.50. The second-order valence-electron chi connectivity index (χ2n) is 5.51. The molecule has 1 heterocycles. The van der Waals surface area contributed by atoms with Gasteiger partial charge in [-0.2, -0.15) is 0 Å². The van der Waals surface area contributed by atoms with Crippen molar-refractivity contribution in [3.05, 3.63) is 0 Å². The van der Waals surface area contributed by atoms with Gasteiger partial charge < -0.3 is 9.84 Å². The molecule has 3 unspecified atom stereocenters. The average molecular weight is 255 g/mol. The fourth-order valence-corrected chi connectivity index (χ4v) is 3.28. The van der Waals surface area contributed by atoms with E-state index >= 15 is 0 Å². The van der Waals surface area contributed by atoms with Crippen LogP contribution in [0.5, 0.6) is 0 Å². The van der Waals surface area contributed by atoms with Gasteiger partial charge in [0.05, 0.1) is 18.6 Å². The summed E-state index contributed by atoms with van der Waals surface area (Å²) in [5, 5.41) is 10.1. The molecule has 18 heavy (non-hydrogen) atoms. The molecule has 1 N–H and O–H groups in total. The van der Waals surface area contributed by atoms with Crippen LogP contribution in [0.25, 0.3) is 0 Å². The lowest BCUT2D eigenvalue weighted by atomic mass is 9.88. The summed E-state index contributed by atoms with van der Waals surface area (Å²) in [7, 11) is 0. The molecule has 0 aromatic rings. The zero-order valence-corrected chi connectivity index (χ0v) is 11.3.